The predicted molar refractivity (Wildman–Crippen MR) is 106 cm³/mol. The van der Waals surface area contributed by atoms with Crippen LogP contribution in [0, 0.1) is 13.8 Å². The van der Waals surface area contributed by atoms with Crippen LogP contribution >= 0.6 is 11.6 Å². The summed E-state index contributed by atoms with van der Waals surface area (Å²) in [5, 5.41) is 0.518. The average molecular weight is 368 g/mol. The quantitative estimate of drug-likeness (QED) is 0.636. The Bertz CT molecular complexity index is 924. The largest absolute Gasteiger partial charge is 0.375 e. The molecular formula is C20H22ClN5. The zero-order valence-electron chi connectivity index (χ0n) is 15.5. The molecule has 3 aromatic heterocycles. The zero-order chi connectivity index (χ0) is 18.7. The van der Waals surface area contributed by atoms with Crippen molar-refractivity contribution in [2.75, 3.05) is 19.0 Å². The lowest BCUT2D eigenvalue weighted by Crippen LogP contribution is -2.12. The van der Waals surface area contributed by atoms with Crippen LogP contribution in [-0.4, -0.2) is 34.0 Å². The van der Waals surface area contributed by atoms with Gasteiger partial charge in [-0.2, -0.15) is 0 Å². The number of anilines is 1. The molecule has 3 aromatic rings. The first kappa shape index (κ1) is 18.3. The first-order valence-corrected chi connectivity index (χ1v) is 8.89. The highest BCUT2D eigenvalue weighted by Crippen LogP contribution is 2.33. The number of halogens is 1. The van der Waals surface area contributed by atoms with Gasteiger partial charge in [0.25, 0.3) is 0 Å². The molecule has 0 spiro atoms. The summed E-state index contributed by atoms with van der Waals surface area (Å²) in [5.74, 6) is 0.795. The molecular weight excluding hydrogens is 346 g/mol. The van der Waals surface area contributed by atoms with Crippen molar-refractivity contribution in [2.24, 2.45) is 0 Å². The van der Waals surface area contributed by atoms with E-state index in [1.165, 1.54) is 0 Å². The lowest BCUT2D eigenvalue weighted by Gasteiger charge is -2.19. The van der Waals surface area contributed by atoms with Crippen molar-refractivity contribution in [3.63, 3.8) is 0 Å². The molecule has 0 unspecified atom stereocenters. The highest BCUT2D eigenvalue weighted by atomic mass is 35.5. The molecule has 26 heavy (non-hydrogen) atoms. The molecule has 0 saturated heterocycles. The summed E-state index contributed by atoms with van der Waals surface area (Å²) in [7, 11) is 3.95. The van der Waals surface area contributed by atoms with Crippen molar-refractivity contribution in [2.45, 2.75) is 26.7 Å². The molecule has 0 saturated carbocycles. The lowest BCUT2D eigenvalue weighted by molar-refractivity contribution is 0.856. The van der Waals surface area contributed by atoms with Crippen molar-refractivity contribution in [3.8, 4) is 11.1 Å². The Kier molecular flexibility index (Phi) is 5.47. The second-order valence-electron chi connectivity index (χ2n) is 6.46. The van der Waals surface area contributed by atoms with Crippen LogP contribution in [0.3, 0.4) is 0 Å². The van der Waals surface area contributed by atoms with Crippen LogP contribution in [-0.2, 0) is 12.8 Å². The normalized spacial score (nSPS) is 10.8. The van der Waals surface area contributed by atoms with Gasteiger partial charge in [0.05, 0.1) is 5.69 Å². The topological polar surface area (TPSA) is 54.8 Å². The van der Waals surface area contributed by atoms with E-state index in [-0.39, 0.29) is 0 Å². The third-order valence-electron chi connectivity index (χ3n) is 4.31. The Morgan fingerprint density at radius 1 is 0.962 bits per heavy atom. The van der Waals surface area contributed by atoms with Gasteiger partial charge in [-0.05, 0) is 56.0 Å². The second kappa shape index (κ2) is 7.79. The zero-order valence-corrected chi connectivity index (χ0v) is 16.2. The fourth-order valence-electron chi connectivity index (χ4n) is 3.06. The molecule has 134 valence electrons. The van der Waals surface area contributed by atoms with Crippen LogP contribution in [0.25, 0.3) is 11.1 Å². The maximum Gasteiger partial charge on any atom is 0.152 e. The van der Waals surface area contributed by atoms with E-state index in [1.807, 2.05) is 50.4 Å². The standard InChI is InChI=1S/C20H22ClN5/c1-13-18(12-24-20(21)19(13)26(3)4)15-7-9-23-17(11-15)6-5-16-8-10-22-14(2)25-16/h7-12H,5-6H2,1-4H3. The Hall–Kier alpha value is -2.53. The molecule has 0 N–H and O–H groups in total. The van der Waals surface area contributed by atoms with Crippen molar-refractivity contribution in [1.82, 2.24) is 19.9 Å². The minimum absolute atomic E-state index is 0.518. The highest BCUT2D eigenvalue weighted by molar-refractivity contribution is 6.32. The summed E-state index contributed by atoms with van der Waals surface area (Å²) < 4.78 is 0. The van der Waals surface area contributed by atoms with Crippen molar-refractivity contribution in [1.29, 1.82) is 0 Å². The van der Waals surface area contributed by atoms with Gasteiger partial charge in [-0.15, -0.1) is 0 Å². The molecule has 3 rings (SSSR count). The number of nitrogens with zero attached hydrogens (tertiary/aromatic N) is 5. The van der Waals surface area contributed by atoms with E-state index in [0.29, 0.717) is 5.15 Å². The number of hydrogen-bond donors (Lipinski definition) is 0. The van der Waals surface area contributed by atoms with Crippen LogP contribution < -0.4 is 4.90 Å². The van der Waals surface area contributed by atoms with E-state index in [2.05, 4.69) is 32.9 Å². The SMILES string of the molecule is Cc1nccc(CCc2cc(-c3cnc(Cl)c(N(C)C)c3C)ccn2)n1. The van der Waals surface area contributed by atoms with Gasteiger partial charge in [0.1, 0.15) is 5.82 Å². The summed E-state index contributed by atoms with van der Waals surface area (Å²) in [4.78, 5) is 19.5. The minimum atomic E-state index is 0.518. The molecule has 0 bridgehead atoms. The molecule has 0 aliphatic carbocycles. The fraction of sp³-hybridized carbons (Fsp3) is 0.300. The number of aryl methyl sites for hydroxylation is 3. The van der Waals surface area contributed by atoms with E-state index in [4.69, 9.17) is 11.6 Å². The molecule has 5 nitrogen and oxygen atoms in total. The van der Waals surface area contributed by atoms with Crippen molar-refractivity contribution in [3.05, 3.63) is 64.7 Å². The highest BCUT2D eigenvalue weighted by Gasteiger charge is 2.13. The minimum Gasteiger partial charge on any atom is -0.375 e. The van der Waals surface area contributed by atoms with Crippen LogP contribution in [0.15, 0.2) is 36.8 Å². The van der Waals surface area contributed by atoms with Crippen LogP contribution in [0.1, 0.15) is 22.8 Å². The second-order valence-corrected chi connectivity index (χ2v) is 6.82. The lowest BCUT2D eigenvalue weighted by atomic mass is 10.0. The third-order valence-corrected chi connectivity index (χ3v) is 4.58. The summed E-state index contributed by atoms with van der Waals surface area (Å²) in [6, 6.07) is 6.08. The molecule has 0 amide bonds. The molecule has 0 aliphatic rings. The monoisotopic (exact) mass is 367 g/mol. The third kappa shape index (κ3) is 3.99. The van der Waals surface area contributed by atoms with Crippen LogP contribution in [0.2, 0.25) is 5.15 Å². The number of rotatable bonds is 5. The van der Waals surface area contributed by atoms with Gasteiger partial charge in [-0.3, -0.25) is 4.98 Å². The maximum atomic E-state index is 6.27. The Morgan fingerprint density at radius 3 is 2.42 bits per heavy atom. The van der Waals surface area contributed by atoms with Crippen molar-refractivity contribution >= 4 is 17.3 Å². The van der Waals surface area contributed by atoms with E-state index in [0.717, 1.165) is 52.4 Å². The summed E-state index contributed by atoms with van der Waals surface area (Å²) >= 11 is 6.27. The van der Waals surface area contributed by atoms with Gasteiger partial charge < -0.3 is 4.90 Å². The summed E-state index contributed by atoms with van der Waals surface area (Å²) in [6.45, 7) is 3.98. The van der Waals surface area contributed by atoms with Crippen molar-refractivity contribution < 1.29 is 0 Å². The first-order valence-electron chi connectivity index (χ1n) is 8.52. The molecule has 0 aromatic carbocycles. The van der Waals surface area contributed by atoms with Gasteiger partial charge in [0.2, 0.25) is 0 Å². The molecule has 0 aliphatic heterocycles. The van der Waals surface area contributed by atoms with E-state index in [1.54, 1.807) is 6.20 Å². The van der Waals surface area contributed by atoms with Gasteiger partial charge >= 0.3 is 0 Å². The fourth-order valence-corrected chi connectivity index (χ4v) is 3.41. The van der Waals surface area contributed by atoms with Crippen LogP contribution in [0.5, 0.6) is 0 Å². The van der Waals surface area contributed by atoms with Crippen LogP contribution in [0.4, 0.5) is 5.69 Å². The molecule has 3 heterocycles. The first-order chi connectivity index (χ1) is 12.5. The Balaban J connectivity index is 1.87. The Morgan fingerprint density at radius 2 is 1.69 bits per heavy atom. The molecule has 0 radical (unpaired) electrons. The molecule has 0 fully saturated rings. The Labute approximate surface area is 159 Å². The van der Waals surface area contributed by atoms with Gasteiger partial charge in [0.15, 0.2) is 5.15 Å². The number of pyridine rings is 2. The average Bonchev–Trinajstić information content (AvgIpc) is 2.60. The van der Waals surface area contributed by atoms with E-state index < -0.39 is 0 Å². The smallest absolute Gasteiger partial charge is 0.152 e. The summed E-state index contributed by atoms with van der Waals surface area (Å²) in [6.07, 6.45) is 7.13. The summed E-state index contributed by atoms with van der Waals surface area (Å²) in [5.41, 5.74) is 6.28. The van der Waals surface area contributed by atoms with E-state index in [9.17, 15) is 0 Å². The van der Waals surface area contributed by atoms with E-state index >= 15 is 0 Å². The molecule has 0 atom stereocenters. The number of hydrogen-bond acceptors (Lipinski definition) is 5. The number of aromatic nitrogens is 4. The maximum absolute atomic E-state index is 6.27. The van der Waals surface area contributed by atoms with Gasteiger partial charge in [-0.1, -0.05) is 11.6 Å². The predicted octanol–water partition coefficient (Wildman–Crippen LogP) is 4.06. The van der Waals surface area contributed by atoms with Gasteiger partial charge in [-0.25, -0.2) is 15.0 Å². The molecule has 6 heteroatoms. The van der Waals surface area contributed by atoms with Gasteiger partial charge in [0, 0.05) is 49.6 Å².